The first-order valence-electron chi connectivity index (χ1n) is 10.1. The van der Waals surface area contributed by atoms with E-state index in [9.17, 15) is 9.59 Å². The topological polar surface area (TPSA) is 79.5 Å². The summed E-state index contributed by atoms with van der Waals surface area (Å²) in [6.07, 6.45) is 6.24. The molecule has 6 heteroatoms. The molecule has 0 aromatic heterocycles. The average Bonchev–Trinajstić information content (AvgIpc) is 3.16. The third kappa shape index (κ3) is 7.21. The number of nitrogens with one attached hydrogen (secondary N) is 3. The molecule has 0 radical (unpaired) electrons. The Kier molecular flexibility index (Phi) is 9.11. The summed E-state index contributed by atoms with van der Waals surface area (Å²) in [4.78, 5) is 25.1. The van der Waals surface area contributed by atoms with Crippen molar-refractivity contribution in [3.63, 3.8) is 0 Å². The van der Waals surface area contributed by atoms with Crippen molar-refractivity contribution < 1.29 is 14.3 Å². The van der Waals surface area contributed by atoms with Gasteiger partial charge in [0.15, 0.2) is 0 Å². The molecule has 0 aliphatic heterocycles. The smallest absolute Gasteiger partial charge is 0.315 e. The van der Waals surface area contributed by atoms with Crippen LogP contribution in [0.1, 0.15) is 57.4 Å². The lowest BCUT2D eigenvalue weighted by atomic mass is 9.96. The molecule has 1 aliphatic carbocycles. The van der Waals surface area contributed by atoms with Crippen molar-refractivity contribution in [2.24, 2.45) is 0 Å². The Labute approximate surface area is 162 Å². The van der Waals surface area contributed by atoms with E-state index in [0.29, 0.717) is 32.5 Å². The quantitative estimate of drug-likeness (QED) is 0.520. The number of ether oxygens (including phenoxy) is 1. The second-order valence-electron chi connectivity index (χ2n) is 7.16. The van der Waals surface area contributed by atoms with Gasteiger partial charge in [-0.2, -0.15) is 0 Å². The van der Waals surface area contributed by atoms with Gasteiger partial charge in [-0.3, -0.25) is 4.79 Å². The number of hydrogen-bond donors (Lipinski definition) is 3. The number of carbonyl (C=O) groups is 2. The molecule has 1 saturated carbocycles. The van der Waals surface area contributed by atoms with Gasteiger partial charge in [-0.05, 0) is 31.2 Å². The highest BCUT2D eigenvalue weighted by Gasteiger charge is 2.42. The van der Waals surface area contributed by atoms with E-state index < -0.39 is 5.54 Å². The van der Waals surface area contributed by atoms with Crippen molar-refractivity contribution >= 4 is 11.9 Å². The molecule has 2 rings (SSSR count). The molecule has 0 atom stereocenters. The van der Waals surface area contributed by atoms with E-state index in [4.69, 9.17) is 4.74 Å². The molecule has 1 aromatic carbocycles. The van der Waals surface area contributed by atoms with E-state index in [-0.39, 0.29) is 11.9 Å². The number of unbranched alkanes of at least 4 members (excludes halogenated alkanes) is 1. The maximum absolute atomic E-state index is 12.7. The minimum atomic E-state index is -0.788. The fourth-order valence-electron chi connectivity index (χ4n) is 3.32. The van der Waals surface area contributed by atoms with E-state index >= 15 is 0 Å². The minimum Gasteiger partial charge on any atom is -0.381 e. The van der Waals surface area contributed by atoms with E-state index in [1.807, 2.05) is 30.3 Å². The number of carbonyl (C=O) groups excluding carboxylic acids is 2. The van der Waals surface area contributed by atoms with Crippen LogP contribution in [0.25, 0.3) is 0 Å². The van der Waals surface area contributed by atoms with Gasteiger partial charge in [-0.25, -0.2) is 4.79 Å². The maximum atomic E-state index is 12.7. The number of benzene rings is 1. The predicted octanol–water partition coefficient (Wildman–Crippen LogP) is 3.12. The molecule has 3 N–H and O–H groups in total. The lowest BCUT2D eigenvalue weighted by molar-refractivity contribution is -0.127. The summed E-state index contributed by atoms with van der Waals surface area (Å²) in [7, 11) is 0. The third-order valence-corrected chi connectivity index (χ3v) is 4.93. The molecule has 0 spiro atoms. The Balaban J connectivity index is 1.74. The summed E-state index contributed by atoms with van der Waals surface area (Å²) in [5.74, 6) is -0.0802. The van der Waals surface area contributed by atoms with Crippen LogP contribution < -0.4 is 16.0 Å². The van der Waals surface area contributed by atoms with E-state index in [1.54, 1.807) is 0 Å². The molecule has 0 unspecified atom stereocenters. The first-order chi connectivity index (χ1) is 13.2. The standard InChI is InChI=1S/C21H33N3O3/c1-2-3-15-27-16-9-14-22-19(25)21(12-7-8-13-21)24-20(26)23-17-18-10-5-4-6-11-18/h4-6,10-11H,2-3,7-9,12-17H2,1H3,(H,22,25)(H2,23,24,26). The van der Waals surface area contributed by atoms with Crippen LogP contribution in [0.3, 0.4) is 0 Å². The van der Waals surface area contributed by atoms with Crippen LogP contribution in [-0.4, -0.2) is 37.2 Å². The Bertz CT molecular complexity index is 571. The van der Waals surface area contributed by atoms with Crippen LogP contribution in [0, 0.1) is 0 Å². The van der Waals surface area contributed by atoms with Crippen molar-refractivity contribution in [1.82, 2.24) is 16.0 Å². The summed E-state index contributed by atoms with van der Waals surface area (Å²) < 4.78 is 5.51. The summed E-state index contributed by atoms with van der Waals surface area (Å²) in [6.45, 7) is 4.57. The fourth-order valence-corrected chi connectivity index (χ4v) is 3.32. The Morgan fingerprint density at radius 3 is 2.44 bits per heavy atom. The lowest BCUT2D eigenvalue weighted by Crippen LogP contribution is -2.59. The Morgan fingerprint density at radius 2 is 1.74 bits per heavy atom. The summed E-state index contributed by atoms with van der Waals surface area (Å²) >= 11 is 0. The molecule has 0 heterocycles. The second-order valence-corrected chi connectivity index (χ2v) is 7.16. The molecule has 6 nitrogen and oxygen atoms in total. The van der Waals surface area contributed by atoms with Crippen LogP contribution in [0.5, 0.6) is 0 Å². The van der Waals surface area contributed by atoms with Gasteiger partial charge >= 0.3 is 6.03 Å². The largest absolute Gasteiger partial charge is 0.381 e. The lowest BCUT2D eigenvalue weighted by Gasteiger charge is -2.29. The average molecular weight is 376 g/mol. The van der Waals surface area contributed by atoms with Crippen LogP contribution in [0.15, 0.2) is 30.3 Å². The maximum Gasteiger partial charge on any atom is 0.315 e. The van der Waals surface area contributed by atoms with E-state index in [0.717, 1.165) is 44.3 Å². The minimum absolute atomic E-state index is 0.0802. The molecular weight excluding hydrogens is 342 g/mol. The molecule has 1 aliphatic rings. The van der Waals surface area contributed by atoms with Crippen molar-refractivity contribution in [2.45, 2.75) is 64.0 Å². The van der Waals surface area contributed by atoms with Gasteiger partial charge in [0.25, 0.3) is 0 Å². The van der Waals surface area contributed by atoms with Gasteiger partial charge in [0.2, 0.25) is 5.91 Å². The summed E-state index contributed by atoms with van der Waals surface area (Å²) in [5, 5.41) is 8.76. The van der Waals surface area contributed by atoms with Gasteiger partial charge in [-0.1, -0.05) is 56.5 Å². The Hall–Kier alpha value is -2.08. The molecule has 0 bridgehead atoms. The zero-order chi connectivity index (χ0) is 19.4. The van der Waals surface area contributed by atoms with Gasteiger partial charge in [0.05, 0.1) is 0 Å². The van der Waals surface area contributed by atoms with Crippen LogP contribution in [-0.2, 0) is 16.1 Å². The summed E-state index contributed by atoms with van der Waals surface area (Å²) in [5.41, 5.74) is 0.241. The fraction of sp³-hybridized carbons (Fsp3) is 0.619. The molecule has 27 heavy (non-hydrogen) atoms. The van der Waals surface area contributed by atoms with Crippen LogP contribution in [0.2, 0.25) is 0 Å². The van der Waals surface area contributed by atoms with Gasteiger partial charge in [0.1, 0.15) is 5.54 Å². The predicted molar refractivity (Wildman–Crippen MR) is 106 cm³/mol. The number of rotatable bonds is 11. The SMILES string of the molecule is CCCCOCCCNC(=O)C1(NC(=O)NCc2ccccc2)CCCC1. The normalized spacial score (nSPS) is 15.3. The monoisotopic (exact) mass is 375 g/mol. The Morgan fingerprint density at radius 1 is 1.04 bits per heavy atom. The third-order valence-electron chi connectivity index (χ3n) is 4.93. The number of urea groups is 1. The highest BCUT2D eigenvalue weighted by molar-refractivity contribution is 5.91. The highest BCUT2D eigenvalue weighted by atomic mass is 16.5. The first-order valence-corrected chi connectivity index (χ1v) is 10.1. The molecular formula is C21H33N3O3. The zero-order valence-electron chi connectivity index (χ0n) is 16.4. The van der Waals surface area contributed by atoms with Gasteiger partial charge in [-0.15, -0.1) is 0 Å². The van der Waals surface area contributed by atoms with Gasteiger partial charge in [0, 0.05) is 26.3 Å². The molecule has 150 valence electrons. The van der Waals surface area contributed by atoms with E-state index in [1.165, 1.54) is 0 Å². The zero-order valence-corrected chi connectivity index (χ0v) is 16.4. The van der Waals surface area contributed by atoms with Crippen molar-refractivity contribution in [2.75, 3.05) is 19.8 Å². The number of amides is 3. The van der Waals surface area contributed by atoms with Crippen LogP contribution in [0.4, 0.5) is 4.79 Å². The highest BCUT2D eigenvalue weighted by Crippen LogP contribution is 2.29. The summed E-state index contributed by atoms with van der Waals surface area (Å²) in [6, 6.07) is 9.44. The van der Waals surface area contributed by atoms with Crippen molar-refractivity contribution in [1.29, 1.82) is 0 Å². The molecule has 1 aromatic rings. The van der Waals surface area contributed by atoms with Crippen molar-refractivity contribution in [3.05, 3.63) is 35.9 Å². The van der Waals surface area contributed by atoms with Crippen LogP contribution >= 0.6 is 0 Å². The number of hydrogen-bond acceptors (Lipinski definition) is 3. The molecule has 3 amide bonds. The molecule has 1 fully saturated rings. The van der Waals surface area contributed by atoms with Gasteiger partial charge < -0.3 is 20.7 Å². The van der Waals surface area contributed by atoms with Crippen molar-refractivity contribution in [3.8, 4) is 0 Å². The molecule has 0 saturated heterocycles. The van der Waals surface area contributed by atoms with E-state index in [2.05, 4.69) is 22.9 Å². The second kappa shape index (κ2) is 11.6. The first kappa shape index (κ1) is 21.2.